The molecule has 0 spiro atoms. The maximum absolute atomic E-state index is 12.5. The van der Waals surface area contributed by atoms with Crippen LogP contribution >= 0.6 is 0 Å². The van der Waals surface area contributed by atoms with Crippen LogP contribution < -0.4 is 10.2 Å². The Bertz CT molecular complexity index is 756. The first-order valence-corrected chi connectivity index (χ1v) is 9.52. The highest BCUT2D eigenvalue weighted by Crippen LogP contribution is 2.19. The Hall–Kier alpha value is -2.51. The summed E-state index contributed by atoms with van der Waals surface area (Å²) in [5.74, 6) is 1.85. The summed E-state index contributed by atoms with van der Waals surface area (Å²) in [5, 5.41) is 3.35. The molecule has 7 heteroatoms. The molecule has 2 aliphatic rings. The number of hydrogen-bond donors (Lipinski definition) is 1. The van der Waals surface area contributed by atoms with E-state index in [4.69, 9.17) is 9.72 Å². The fourth-order valence-electron chi connectivity index (χ4n) is 3.53. The number of piperazine rings is 1. The topological polar surface area (TPSA) is 70.6 Å². The van der Waals surface area contributed by atoms with E-state index in [1.165, 1.54) is 0 Å². The number of amides is 1. The van der Waals surface area contributed by atoms with Crippen LogP contribution in [0.15, 0.2) is 42.6 Å². The molecule has 2 fully saturated rings. The molecule has 27 heavy (non-hydrogen) atoms. The fraction of sp³-hybridized carbons (Fsp3) is 0.450. The Labute approximate surface area is 159 Å². The first-order valence-electron chi connectivity index (χ1n) is 9.52. The number of ether oxygens (including phenoxy) is 1. The number of hydrogen-bond acceptors (Lipinski definition) is 6. The van der Waals surface area contributed by atoms with Crippen molar-refractivity contribution < 1.29 is 9.53 Å². The number of anilines is 1. The molecule has 0 saturated carbocycles. The number of aromatic nitrogens is 2. The monoisotopic (exact) mass is 367 g/mol. The van der Waals surface area contributed by atoms with Crippen molar-refractivity contribution in [1.82, 2.24) is 20.2 Å². The summed E-state index contributed by atoms with van der Waals surface area (Å²) in [4.78, 5) is 25.8. The van der Waals surface area contributed by atoms with Gasteiger partial charge in [-0.1, -0.05) is 30.3 Å². The van der Waals surface area contributed by atoms with Crippen LogP contribution in [0, 0.1) is 0 Å². The number of benzene rings is 1. The fourth-order valence-corrected chi connectivity index (χ4v) is 3.53. The summed E-state index contributed by atoms with van der Waals surface area (Å²) in [7, 11) is 0. The van der Waals surface area contributed by atoms with Gasteiger partial charge in [0.2, 0.25) is 5.91 Å². The number of nitrogens with one attached hydrogen (secondary N) is 1. The summed E-state index contributed by atoms with van der Waals surface area (Å²) in [6.45, 7) is 5.18. The third-order valence-electron chi connectivity index (χ3n) is 5.05. The smallest absolute Gasteiger partial charge is 0.224 e. The van der Waals surface area contributed by atoms with Gasteiger partial charge in [0.25, 0.3) is 0 Å². The Morgan fingerprint density at radius 3 is 2.70 bits per heavy atom. The Morgan fingerprint density at radius 1 is 1.15 bits per heavy atom. The molecular weight excluding hydrogens is 342 g/mol. The van der Waals surface area contributed by atoms with Crippen LogP contribution in [-0.4, -0.2) is 72.8 Å². The lowest BCUT2D eigenvalue weighted by Gasteiger charge is -2.36. The number of rotatable bonds is 4. The van der Waals surface area contributed by atoms with E-state index in [2.05, 4.69) is 15.2 Å². The largest absolute Gasteiger partial charge is 0.378 e. The summed E-state index contributed by atoms with van der Waals surface area (Å²) in [5.41, 5.74) is 1.01. The van der Waals surface area contributed by atoms with Crippen LogP contribution in [0.5, 0.6) is 0 Å². The van der Waals surface area contributed by atoms with Crippen LogP contribution in [0.3, 0.4) is 0 Å². The third-order valence-corrected chi connectivity index (χ3v) is 5.05. The highest BCUT2D eigenvalue weighted by Gasteiger charge is 2.25. The second kappa shape index (κ2) is 8.45. The van der Waals surface area contributed by atoms with Gasteiger partial charge in [-0.25, -0.2) is 9.97 Å². The molecule has 0 radical (unpaired) electrons. The summed E-state index contributed by atoms with van der Waals surface area (Å²) >= 11 is 0. The molecule has 2 aromatic rings. The minimum Gasteiger partial charge on any atom is -0.378 e. The lowest BCUT2D eigenvalue weighted by Crippen LogP contribution is -2.51. The molecule has 142 valence electrons. The van der Waals surface area contributed by atoms with Gasteiger partial charge in [0.1, 0.15) is 5.82 Å². The molecule has 1 aromatic carbocycles. The van der Waals surface area contributed by atoms with Gasteiger partial charge >= 0.3 is 0 Å². The maximum Gasteiger partial charge on any atom is 0.224 e. The average molecular weight is 367 g/mol. The number of carbonyl (C=O) groups is 1. The summed E-state index contributed by atoms with van der Waals surface area (Å²) < 4.78 is 5.44. The van der Waals surface area contributed by atoms with Crippen LogP contribution in [0.1, 0.15) is 6.42 Å². The van der Waals surface area contributed by atoms with E-state index >= 15 is 0 Å². The van der Waals surface area contributed by atoms with E-state index in [-0.39, 0.29) is 11.9 Å². The Kier molecular flexibility index (Phi) is 5.60. The molecule has 1 N–H and O–H groups in total. The zero-order valence-electron chi connectivity index (χ0n) is 15.4. The van der Waals surface area contributed by atoms with Gasteiger partial charge in [-0.15, -0.1) is 0 Å². The van der Waals surface area contributed by atoms with E-state index in [1.807, 2.05) is 41.3 Å². The zero-order chi connectivity index (χ0) is 18.5. The molecule has 1 amide bonds. The summed E-state index contributed by atoms with van der Waals surface area (Å²) in [6, 6.07) is 12.1. The molecular formula is C20H25N5O2. The van der Waals surface area contributed by atoms with Crippen molar-refractivity contribution in [3.63, 3.8) is 0 Å². The maximum atomic E-state index is 12.5. The molecule has 7 nitrogen and oxygen atoms in total. The molecule has 4 rings (SSSR count). The van der Waals surface area contributed by atoms with Crippen molar-refractivity contribution in [3.8, 4) is 11.4 Å². The molecule has 1 aromatic heterocycles. The quantitative estimate of drug-likeness (QED) is 0.875. The molecule has 2 saturated heterocycles. The normalized spacial score (nSPS) is 20.5. The van der Waals surface area contributed by atoms with Gasteiger partial charge in [0, 0.05) is 56.9 Å². The Morgan fingerprint density at radius 2 is 1.96 bits per heavy atom. The molecule has 2 aliphatic heterocycles. The number of nitrogens with zero attached hydrogens (tertiary/aromatic N) is 4. The average Bonchev–Trinajstić information content (AvgIpc) is 2.75. The van der Waals surface area contributed by atoms with E-state index < -0.39 is 0 Å². The van der Waals surface area contributed by atoms with Gasteiger partial charge in [-0.05, 0) is 6.07 Å². The zero-order valence-corrected chi connectivity index (χ0v) is 15.4. The highest BCUT2D eigenvalue weighted by atomic mass is 16.5. The van der Waals surface area contributed by atoms with Crippen molar-refractivity contribution >= 4 is 11.7 Å². The minimum atomic E-state index is 0.138. The van der Waals surface area contributed by atoms with Crippen LogP contribution in [0.25, 0.3) is 11.4 Å². The molecule has 0 bridgehead atoms. The first-order chi connectivity index (χ1) is 13.3. The lowest BCUT2D eigenvalue weighted by molar-refractivity contribution is -0.132. The van der Waals surface area contributed by atoms with Crippen molar-refractivity contribution in [2.24, 2.45) is 0 Å². The number of morpholine rings is 1. The van der Waals surface area contributed by atoms with E-state index in [0.717, 1.165) is 56.5 Å². The number of carbonyl (C=O) groups excluding carboxylic acids is 1. The van der Waals surface area contributed by atoms with Crippen molar-refractivity contribution in [1.29, 1.82) is 0 Å². The van der Waals surface area contributed by atoms with Crippen LogP contribution in [-0.2, 0) is 9.53 Å². The second-order valence-electron chi connectivity index (χ2n) is 6.90. The molecule has 0 aliphatic carbocycles. The van der Waals surface area contributed by atoms with Crippen molar-refractivity contribution in [2.45, 2.75) is 12.5 Å². The van der Waals surface area contributed by atoms with Crippen molar-refractivity contribution in [2.75, 3.05) is 50.8 Å². The first kappa shape index (κ1) is 17.9. The van der Waals surface area contributed by atoms with E-state index in [9.17, 15) is 4.79 Å². The molecule has 1 atom stereocenters. The van der Waals surface area contributed by atoms with Gasteiger partial charge in [-0.3, -0.25) is 4.79 Å². The van der Waals surface area contributed by atoms with Crippen molar-refractivity contribution in [3.05, 3.63) is 42.6 Å². The van der Waals surface area contributed by atoms with E-state index in [1.54, 1.807) is 6.20 Å². The molecule has 3 heterocycles. The standard InChI is InChI=1S/C20H25N5O2/c26-19(14-17-15-27-13-8-21-17)25-11-9-24(10-12-25)18-6-7-22-20(23-18)16-4-2-1-3-5-16/h1-7,17,21H,8-15H2. The minimum absolute atomic E-state index is 0.138. The van der Waals surface area contributed by atoms with E-state index in [0.29, 0.717) is 13.0 Å². The predicted molar refractivity (Wildman–Crippen MR) is 103 cm³/mol. The SMILES string of the molecule is O=C(CC1COCCN1)N1CCN(c2ccnc(-c3ccccc3)n2)CC1. The van der Waals surface area contributed by atoms with Gasteiger partial charge in [-0.2, -0.15) is 0 Å². The summed E-state index contributed by atoms with van der Waals surface area (Å²) in [6.07, 6.45) is 2.31. The third kappa shape index (κ3) is 4.43. The van der Waals surface area contributed by atoms with Crippen LogP contribution in [0.4, 0.5) is 5.82 Å². The second-order valence-corrected chi connectivity index (χ2v) is 6.90. The van der Waals surface area contributed by atoms with Gasteiger partial charge in [0.05, 0.1) is 13.2 Å². The van der Waals surface area contributed by atoms with Gasteiger partial charge in [0.15, 0.2) is 5.82 Å². The lowest BCUT2D eigenvalue weighted by atomic mass is 10.1. The Balaban J connectivity index is 1.34. The van der Waals surface area contributed by atoms with Crippen LogP contribution in [0.2, 0.25) is 0 Å². The molecule has 1 unspecified atom stereocenters. The highest BCUT2D eigenvalue weighted by molar-refractivity contribution is 5.77. The predicted octanol–water partition coefficient (Wildman–Crippen LogP) is 1.17. The van der Waals surface area contributed by atoms with Gasteiger partial charge < -0.3 is 19.9 Å².